The number of alkyl halides is 3. The average molecular weight is 328 g/mol. The topological polar surface area (TPSA) is 53.4 Å². The molecule has 0 aliphatic heterocycles. The number of halogens is 3. The van der Waals surface area contributed by atoms with Gasteiger partial charge in [-0.25, -0.2) is 4.98 Å². The van der Waals surface area contributed by atoms with Gasteiger partial charge in [0.1, 0.15) is 30.5 Å². The van der Waals surface area contributed by atoms with Crippen molar-refractivity contribution in [2.45, 2.75) is 26.3 Å². The zero-order valence-corrected chi connectivity index (χ0v) is 12.6. The van der Waals surface area contributed by atoms with Gasteiger partial charge in [-0.05, 0) is 19.1 Å². The highest BCUT2D eigenvalue weighted by Crippen LogP contribution is 2.26. The van der Waals surface area contributed by atoms with Crippen molar-refractivity contribution in [1.29, 1.82) is 0 Å². The Kier molecular flexibility index (Phi) is 4.92. The lowest BCUT2D eigenvalue weighted by atomic mass is 10.1. The summed E-state index contributed by atoms with van der Waals surface area (Å²) >= 11 is 0. The first-order chi connectivity index (χ1) is 10.8. The van der Waals surface area contributed by atoms with E-state index in [1.54, 1.807) is 12.1 Å². The number of hydrogen-bond acceptors (Lipinski definition) is 4. The monoisotopic (exact) mass is 328 g/mol. The van der Waals surface area contributed by atoms with Crippen LogP contribution in [0, 0.1) is 0 Å². The number of nitrogens with zero attached hydrogens (tertiary/aromatic N) is 2. The molecule has 1 aromatic carbocycles. The maximum Gasteiger partial charge on any atom is 0.406 e. The number of benzene rings is 1. The van der Waals surface area contributed by atoms with Crippen molar-refractivity contribution >= 4 is 5.78 Å². The second kappa shape index (κ2) is 6.72. The molecule has 0 aliphatic carbocycles. The molecule has 124 valence electrons. The van der Waals surface area contributed by atoms with E-state index < -0.39 is 12.7 Å². The summed E-state index contributed by atoms with van der Waals surface area (Å²) in [5.74, 6) is 0.600. The van der Waals surface area contributed by atoms with E-state index in [0.717, 1.165) is 4.57 Å². The molecule has 0 bridgehead atoms. The van der Waals surface area contributed by atoms with Crippen molar-refractivity contribution < 1.29 is 27.4 Å². The summed E-state index contributed by atoms with van der Waals surface area (Å²) in [5, 5.41) is 0. The molecule has 2 rings (SSSR count). The molecular weight excluding hydrogens is 313 g/mol. The van der Waals surface area contributed by atoms with Gasteiger partial charge in [-0.3, -0.25) is 4.79 Å². The van der Waals surface area contributed by atoms with Crippen LogP contribution in [-0.2, 0) is 13.2 Å². The van der Waals surface area contributed by atoms with Gasteiger partial charge in [-0.2, -0.15) is 13.2 Å². The van der Waals surface area contributed by atoms with Crippen LogP contribution in [0.3, 0.4) is 0 Å². The fourth-order valence-electron chi connectivity index (χ4n) is 2.00. The summed E-state index contributed by atoms with van der Waals surface area (Å²) in [6.07, 6.45) is -1.86. The largest absolute Gasteiger partial charge is 0.497 e. The van der Waals surface area contributed by atoms with Crippen LogP contribution >= 0.6 is 0 Å². The van der Waals surface area contributed by atoms with Crippen molar-refractivity contribution in [3.8, 4) is 11.5 Å². The Morgan fingerprint density at radius 2 is 2.09 bits per heavy atom. The van der Waals surface area contributed by atoms with Crippen LogP contribution in [-0.4, -0.2) is 28.6 Å². The number of methoxy groups -OCH3 is 1. The van der Waals surface area contributed by atoms with Crippen molar-refractivity contribution in [2.24, 2.45) is 0 Å². The molecule has 1 heterocycles. The minimum atomic E-state index is -4.35. The van der Waals surface area contributed by atoms with Crippen LogP contribution in [0.25, 0.3) is 0 Å². The Bertz CT molecular complexity index is 696. The highest BCUT2D eigenvalue weighted by Gasteiger charge is 2.28. The van der Waals surface area contributed by atoms with E-state index in [1.165, 1.54) is 32.5 Å². The third-order valence-electron chi connectivity index (χ3n) is 3.08. The van der Waals surface area contributed by atoms with Gasteiger partial charge < -0.3 is 14.0 Å². The standard InChI is InChI=1S/C15H15F3N2O3/c1-10(21)12-4-3-11(22-2)7-13(12)23-8-14-19-5-6-20(14)9-15(16,17)18/h3-7H,8-9H2,1-2H3. The van der Waals surface area contributed by atoms with Crippen LogP contribution in [0.5, 0.6) is 11.5 Å². The molecule has 1 aromatic heterocycles. The fourth-order valence-corrected chi connectivity index (χ4v) is 2.00. The summed E-state index contributed by atoms with van der Waals surface area (Å²) in [4.78, 5) is 15.4. The second-order valence-electron chi connectivity index (χ2n) is 4.79. The summed E-state index contributed by atoms with van der Waals surface area (Å²) in [5.41, 5.74) is 0.319. The smallest absolute Gasteiger partial charge is 0.406 e. The maximum absolute atomic E-state index is 12.5. The van der Waals surface area contributed by atoms with E-state index >= 15 is 0 Å². The summed E-state index contributed by atoms with van der Waals surface area (Å²) in [7, 11) is 1.46. The Morgan fingerprint density at radius 3 is 2.70 bits per heavy atom. The van der Waals surface area contributed by atoms with Crippen molar-refractivity contribution in [2.75, 3.05) is 7.11 Å². The Hall–Kier alpha value is -2.51. The Morgan fingerprint density at radius 1 is 1.35 bits per heavy atom. The van der Waals surface area contributed by atoms with E-state index in [0.29, 0.717) is 11.3 Å². The molecule has 0 aliphatic rings. The fraction of sp³-hybridized carbons (Fsp3) is 0.333. The second-order valence-corrected chi connectivity index (χ2v) is 4.79. The molecule has 0 atom stereocenters. The summed E-state index contributed by atoms with van der Waals surface area (Å²) < 4.78 is 48.9. The molecule has 2 aromatic rings. The molecule has 0 fully saturated rings. The number of ether oxygens (including phenoxy) is 2. The molecule has 8 heteroatoms. The minimum absolute atomic E-state index is 0.111. The third-order valence-corrected chi connectivity index (χ3v) is 3.08. The van der Waals surface area contributed by atoms with Crippen LogP contribution in [0.15, 0.2) is 30.6 Å². The average Bonchev–Trinajstić information content (AvgIpc) is 2.89. The maximum atomic E-state index is 12.5. The number of hydrogen-bond donors (Lipinski definition) is 0. The van der Waals surface area contributed by atoms with Gasteiger partial charge in [-0.1, -0.05) is 0 Å². The summed E-state index contributed by atoms with van der Waals surface area (Å²) in [6, 6.07) is 4.65. The number of aromatic nitrogens is 2. The van der Waals surface area contributed by atoms with Gasteiger partial charge in [0.2, 0.25) is 0 Å². The molecule has 0 N–H and O–H groups in total. The van der Waals surface area contributed by atoms with Crippen LogP contribution in [0.1, 0.15) is 23.1 Å². The predicted molar refractivity (Wildman–Crippen MR) is 75.6 cm³/mol. The van der Waals surface area contributed by atoms with E-state index in [2.05, 4.69) is 4.98 Å². The first-order valence-electron chi connectivity index (χ1n) is 6.68. The normalized spacial score (nSPS) is 11.3. The van der Waals surface area contributed by atoms with E-state index in [1.807, 2.05) is 0 Å². The number of rotatable bonds is 6. The lowest BCUT2D eigenvalue weighted by Crippen LogP contribution is -2.19. The molecule has 0 saturated heterocycles. The predicted octanol–water partition coefficient (Wildman–Crippen LogP) is 3.24. The van der Waals surface area contributed by atoms with Gasteiger partial charge in [0.25, 0.3) is 0 Å². The van der Waals surface area contributed by atoms with Crippen molar-refractivity contribution in [3.63, 3.8) is 0 Å². The molecule has 0 spiro atoms. The molecule has 0 unspecified atom stereocenters. The van der Waals surface area contributed by atoms with E-state index in [4.69, 9.17) is 9.47 Å². The van der Waals surface area contributed by atoms with Gasteiger partial charge in [0.15, 0.2) is 5.78 Å². The van der Waals surface area contributed by atoms with Gasteiger partial charge in [0.05, 0.1) is 12.7 Å². The number of Topliss-reactive ketones (excluding diaryl/α,β-unsaturated/α-hetero) is 1. The van der Waals surface area contributed by atoms with E-state index in [-0.39, 0.29) is 24.0 Å². The third kappa shape index (κ3) is 4.48. The minimum Gasteiger partial charge on any atom is -0.497 e. The Labute approximate surface area is 130 Å². The molecular formula is C15H15F3N2O3. The number of carbonyl (C=O) groups is 1. The highest BCUT2D eigenvalue weighted by atomic mass is 19.4. The zero-order chi connectivity index (χ0) is 17.0. The zero-order valence-electron chi connectivity index (χ0n) is 12.6. The quantitative estimate of drug-likeness (QED) is 0.764. The van der Waals surface area contributed by atoms with Crippen LogP contribution < -0.4 is 9.47 Å². The van der Waals surface area contributed by atoms with Crippen molar-refractivity contribution in [1.82, 2.24) is 9.55 Å². The number of imidazole rings is 1. The lowest BCUT2D eigenvalue weighted by Gasteiger charge is -2.13. The molecule has 0 radical (unpaired) electrons. The first kappa shape index (κ1) is 16.9. The highest BCUT2D eigenvalue weighted by molar-refractivity contribution is 5.97. The first-order valence-corrected chi connectivity index (χ1v) is 6.68. The summed E-state index contributed by atoms with van der Waals surface area (Å²) in [6.45, 7) is 0.0270. The van der Waals surface area contributed by atoms with E-state index in [9.17, 15) is 18.0 Å². The van der Waals surface area contributed by atoms with Gasteiger partial charge in [-0.15, -0.1) is 0 Å². The van der Waals surface area contributed by atoms with Crippen LogP contribution in [0.4, 0.5) is 13.2 Å². The molecule has 0 saturated carbocycles. The Balaban J connectivity index is 2.18. The SMILES string of the molecule is COc1ccc(C(C)=O)c(OCc2nccn2CC(F)(F)F)c1. The number of carbonyl (C=O) groups excluding carboxylic acids is 1. The van der Waals surface area contributed by atoms with Crippen molar-refractivity contribution in [3.05, 3.63) is 42.0 Å². The number of ketones is 1. The molecule has 0 amide bonds. The van der Waals surface area contributed by atoms with Gasteiger partial charge in [0, 0.05) is 18.5 Å². The lowest BCUT2D eigenvalue weighted by molar-refractivity contribution is -0.141. The molecule has 5 nitrogen and oxygen atoms in total. The van der Waals surface area contributed by atoms with Gasteiger partial charge >= 0.3 is 6.18 Å². The van der Waals surface area contributed by atoms with Crippen LogP contribution in [0.2, 0.25) is 0 Å². The molecule has 23 heavy (non-hydrogen) atoms.